The summed E-state index contributed by atoms with van der Waals surface area (Å²) in [6, 6.07) is 6.12. The van der Waals surface area contributed by atoms with Crippen LogP contribution in [0.3, 0.4) is 0 Å². The van der Waals surface area contributed by atoms with E-state index in [2.05, 4.69) is 38.0 Å². The van der Waals surface area contributed by atoms with Gasteiger partial charge in [0.05, 0.1) is 17.4 Å². The van der Waals surface area contributed by atoms with E-state index in [0.29, 0.717) is 0 Å². The Balaban J connectivity index is 1.63. The highest BCUT2D eigenvalue weighted by Gasteiger charge is 2.10. The van der Waals surface area contributed by atoms with Gasteiger partial charge < -0.3 is 5.32 Å². The molecule has 0 aliphatic rings. The largest absolute Gasteiger partial charge is 0.302 e. The van der Waals surface area contributed by atoms with Crippen molar-refractivity contribution in [2.45, 2.75) is 26.4 Å². The maximum absolute atomic E-state index is 4.63. The van der Waals surface area contributed by atoms with Crippen molar-refractivity contribution in [1.29, 1.82) is 0 Å². The average Bonchev–Trinajstić information content (AvgIpc) is 3.15. The average molecular weight is 316 g/mol. The Kier molecular flexibility index (Phi) is 4.38. The van der Waals surface area contributed by atoms with Crippen LogP contribution in [0.2, 0.25) is 0 Å². The first-order valence-corrected chi connectivity index (χ1v) is 8.49. The van der Waals surface area contributed by atoms with Gasteiger partial charge in [0.25, 0.3) is 0 Å². The van der Waals surface area contributed by atoms with Gasteiger partial charge in [-0.15, -0.1) is 22.7 Å². The summed E-state index contributed by atoms with van der Waals surface area (Å²) >= 11 is 3.32. The Bertz CT molecular complexity index is 705. The highest BCUT2D eigenvalue weighted by molar-refractivity contribution is 7.13. The van der Waals surface area contributed by atoms with Crippen molar-refractivity contribution in [1.82, 2.24) is 20.3 Å². The van der Waals surface area contributed by atoms with E-state index >= 15 is 0 Å². The molecule has 0 aliphatic heterocycles. The van der Waals surface area contributed by atoms with Crippen LogP contribution in [0.25, 0.3) is 10.7 Å². The number of pyridine rings is 1. The van der Waals surface area contributed by atoms with Crippen LogP contribution in [0, 0.1) is 6.92 Å². The van der Waals surface area contributed by atoms with E-state index in [1.807, 2.05) is 25.1 Å². The standard InChI is InChI=1S/C15H16N4S2/c1-10-8-20-14(18-10)11(2)17-7-12-9-21-15(19-12)13-5-3-4-6-16-13/h3-6,8-9,11,17H,7H2,1-2H3. The van der Waals surface area contributed by atoms with Gasteiger partial charge >= 0.3 is 0 Å². The quantitative estimate of drug-likeness (QED) is 0.777. The summed E-state index contributed by atoms with van der Waals surface area (Å²) in [5.74, 6) is 0. The number of thiazole rings is 2. The number of hydrogen-bond acceptors (Lipinski definition) is 6. The van der Waals surface area contributed by atoms with Crippen LogP contribution < -0.4 is 5.32 Å². The zero-order valence-corrected chi connectivity index (χ0v) is 13.5. The van der Waals surface area contributed by atoms with Gasteiger partial charge in [0.15, 0.2) is 0 Å². The maximum atomic E-state index is 4.63. The Morgan fingerprint density at radius 2 is 2.10 bits per heavy atom. The van der Waals surface area contributed by atoms with Gasteiger partial charge in [-0.05, 0) is 26.0 Å². The molecule has 1 atom stereocenters. The van der Waals surface area contributed by atoms with Gasteiger partial charge in [-0.3, -0.25) is 4.98 Å². The van der Waals surface area contributed by atoms with E-state index in [1.54, 1.807) is 28.9 Å². The van der Waals surface area contributed by atoms with Crippen molar-refractivity contribution in [3.63, 3.8) is 0 Å². The molecular formula is C15H16N4S2. The number of hydrogen-bond donors (Lipinski definition) is 1. The monoisotopic (exact) mass is 316 g/mol. The van der Waals surface area contributed by atoms with Gasteiger partial charge in [-0.2, -0.15) is 0 Å². The van der Waals surface area contributed by atoms with Gasteiger partial charge in [0.1, 0.15) is 10.0 Å². The smallest absolute Gasteiger partial charge is 0.142 e. The van der Waals surface area contributed by atoms with E-state index in [4.69, 9.17) is 0 Å². The summed E-state index contributed by atoms with van der Waals surface area (Å²) in [4.78, 5) is 13.5. The highest BCUT2D eigenvalue weighted by Crippen LogP contribution is 2.22. The third-order valence-electron chi connectivity index (χ3n) is 3.03. The molecule has 0 amide bonds. The Morgan fingerprint density at radius 1 is 1.19 bits per heavy atom. The molecule has 3 aromatic heterocycles. The minimum atomic E-state index is 0.240. The van der Waals surface area contributed by atoms with Gasteiger partial charge in [-0.1, -0.05) is 6.07 Å². The van der Waals surface area contributed by atoms with Crippen molar-refractivity contribution in [2.24, 2.45) is 0 Å². The van der Waals surface area contributed by atoms with Crippen molar-refractivity contribution in [3.05, 3.63) is 51.6 Å². The summed E-state index contributed by atoms with van der Waals surface area (Å²) in [5.41, 5.74) is 3.05. The second-order valence-corrected chi connectivity index (χ2v) is 6.54. The van der Waals surface area contributed by atoms with E-state index in [9.17, 15) is 0 Å². The summed E-state index contributed by atoms with van der Waals surface area (Å²) in [6.45, 7) is 4.89. The number of rotatable bonds is 5. The Labute approximate surface area is 131 Å². The minimum absolute atomic E-state index is 0.240. The van der Waals surface area contributed by atoms with Crippen LogP contribution in [-0.2, 0) is 6.54 Å². The lowest BCUT2D eigenvalue weighted by atomic mass is 10.3. The fraction of sp³-hybridized carbons (Fsp3) is 0.267. The SMILES string of the molecule is Cc1csc(C(C)NCc2csc(-c3ccccn3)n2)n1. The molecule has 0 saturated carbocycles. The molecule has 3 rings (SSSR count). The molecule has 0 aliphatic carbocycles. The fourth-order valence-corrected chi connectivity index (χ4v) is 3.53. The molecule has 1 unspecified atom stereocenters. The van der Waals surface area contributed by atoms with E-state index in [1.165, 1.54) is 0 Å². The molecule has 3 heterocycles. The zero-order valence-electron chi connectivity index (χ0n) is 11.9. The van der Waals surface area contributed by atoms with Crippen molar-refractivity contribution < 1.29 is 0 Å². The maximum Gasteiger partial charge on any atom is 0.142 e. The molecule has 0 saturated heterocycles. The Morgan fingerprint density at radius 3 is 2.81 bits per heavy atom. The van der Waals surface area contributed by atoms with Crippen molar-refractivity contribution in [3.8, 4) is 10.7 Å². The third-order valence-corrected chi connectivity index (χ3v) is 5.09. The molecular weight excluding hydrogens is 300 g/mol. The highest BCUT2D eigenvalue weighted by atomic mass is 32.1. The second-order valence-electron chi connectivity index (χ2n) is 4.79. The molecule has 0 spiro atoms. The van der Waals surface area contributed by atoms with E-state index in [-0.39, 0.29) is 6.04 Å². The van der Waals surface area contributed by atoms with Crippen LogP contribution >= 0.6 is 22.7 Å². The van der Waals surface area contributed by atoms with E-state index < -0.39 is 0 Å². The van der Waals surface area contributed by atoms with Gasteiger partial charge in [0, 0.05) is 29.2 Å². The zero-order chi connectivity index (χ0) is 14.7. The summed E-state index contributed by atoms with van der Waals surface area (Å²) in [7, 11) is 0. The second kappa shape index (κ2) is 6.43. The Hall–Kier alpha value is -1.63. The first-order valence-electron chi connectivity index (χ1n) is 6.73. The summed E-state index contributed by atoms with van der Waals surface area (Å²) in [6.07, 6.45) is 1.79. The fourth-order valence-electron chi connectivity index (χ4n) is 1.91. The first-order chi connectivity index (χ1) is 10.2. The number of nitrogens with zero attached hydrogens (tertiary/aromatic N) is 3. The molecule has 1 N–H and O–H groups in total. The molecule has 4 nitrogen and oxygen atoms in total. The van der Waals surface area contributed by atoms with Crippen molar-refractivity contribution in [2.75, 3.05) is 0 Å². The lowest BCUT2D eigenvalue weighted by Gasteiger charge is -2.09. The summed E-state index contributed by atoms with van der Waals surface area (Å²) in [5, 5.41) is 9.71. The topological polar surface area (TPSA) is 50.7 Å². The number of nitrogens with one attached hydrogen (secondary N) is 1. The molecule has 3 aromatic rings. The van der Waals surface area contributed by atoms with Gasteiger partial charge in [-0.25, -0.2) is 9.97 Å². The van der Waals surface area contributed by atoms with Gasteiger partial charge in [0.2, 0.25) is 0 Å². The van der Waals surface area contributed by atoms with Crippen LogP contribution in [-0.4, -0.2) is 15.0 Å². The first kappa shape index (κ1) is 14.3. The van der Waals surface area contributed by atoms with Crippen LogP contribution in [0.15, 0.2) is 35.2 Å². The number of aryl methyl sites for hydroxylation is 1. The minimum Gasteiger partial charge on any atom is -0.302 e. The predicted molar refractivity (Wildman–Crippen MR) is 87.5 cm³/mol. The van der Waals surface area contributed by atoms with Crippen LogP contribution in [0.5, 0.6) is 0 Å². The van der Waals surface area contributed by atoms with E-state index in [0.717, 1.165) is 33.6 Å². The van der Waals surface area contributed by atoms with Crippen molar-refractivity contribution >= 4 is 22.7 Å². The molecule has 0 radical (unpaired) electrons. The third kappa shape index (κ3) is 3.53. The number of aromatic nitrogens is 3. The lowest BCUT2D eigenvalue weighted by molar-refractivity contribution is 0.566. The van der Waals surface area contributed by atoms with Crippen LogP contribution in [0.1, 0.15) is 29.4 Å². The molecule has 21 heavy (non-hydrogen) atoms. The molecule has 108 valence electrons. The van der Waals surface area contributed by atoms with Crippen LogP contribution in [0.4, 0.5) is 0 Å². The normalized spacial score (nSPS) is 12.5. The summed E-state index contributed by atoms with van der Waals surface area (Å²) < 4.78 is 0. The molecule has 0 aromatic carbocycles. The molecule has 6 heteroatoms. The predicted octanol–water partition coefficient (Wildman–Crippen LogP) is 3.82. The molecule has 0 fully saturated rings. The molecule has 0 bridgehead atoms. The lowest BCUT2D eigenvalue weighted by Crippen LogP contribution is -2.18.